The van der Waals surface area contributed by atoms with Crippen molar-refractivity contribution in [2.45, 2.75) is 27.2 Å². The number of rotatable bonds is 7. The van der Waals surface area contributed by atoms with Gasteiger partial charge in [-0.3, -0.25) is 4.79 Å². The minimum absolute atomic E-state index is 0.0683. The normalized spacial score (nSPS) is 10.7. The Hall–Kier alpha value is -1.99. The average Bonchev–Trinajstić information content (AvgIpc) is 2.97. The molecule has 1 amide bonds. The van der Waals surface area contributed by atoms with Crippen LogP contribution < -0.4 is 10.2 Å². The van der Waals surface area contributed by atoms with Crippen molar-refractivity contribution in [1.82, 2.24) is 9.36 Å². The van der Waals surface area contributed by atoms with E-state index in [2.05, 4.69) is 33.7 Å². The highest BCUT2D eigenvalue weighted by Gasteiger charge is 2.14. The summed E-state index contributed by atoms with van der Waals surface area (Å²) in [6.07, 6.45) is 0.675. The van der Waals surface area contributed by atoms with E-state index < -0.39 is 0 Å². The summed E-state index contributed by atoms with van der Waals surface area (Å²) in [6.45, 7) is 6.88. The Bertz CT molecular complexity index is 691. The highest BCUT2D eigenvalue weighted by Crippen LogP contribution is 2.22. The van der Waals surface area contributed by atoms with Gasteiger partial charge in [-0.2, -0.15) is 4.37 Å². The molecule has 1 aromatic carbocycles. The third-order valence-electron chi connectivity index (χ3n) is 3.64. The molecule has 1 heterocycles. The van der Waals surface area contributed by atoms with E-state index in [1.807, 2.05) is 25.8 Å². The van der Waals surface area contributed by atoms with Gasteiger partial charge in [0, 0.05) is 37.8 Å². The number of methoxy groups -OCH3 is 1. The SMILES string of the molecule is COCCc1nsc(N(C)CC(=O)Nc2c(C)cc(C)cc2C)n1. The third kappa shape index (κ3) is 4.75. The van der Waals surface area contributed by atoms with Gasteiger partial charge in [0.15, 0.2) is 0 Å². The molecule has 0 radical (unpaired) electrons. The standard InChI is InChI=1S/C17H24N4O2S/c1-11-8-12(2)16(13(3)9-11)19-15(22)10-21(4)17-18-14(20-24-17)6-7-23-5/h8-9H,6-7,10H2,1-5H3,(H,19,22). The van der Waals surface area contributed by atoms with Crippen LogP contribution in [0, 0.1) is 20.8 Å². The molecule has 0 spiro atoms. The van der Waals surface area contributed by atoms with Crippen LogP contribution in [0.5, 0.6) is 0 Å². The van der Waals surface area contributed by atoms with E-state index in [4.69, 9.17) is 4.74 Å². The van der Waals surface area contributed by atoms with Gasteiger partial charge in [-0.15, -0.1) is 0 Å². The smallest absolute Gasteiger partial charge is 0.243 e. The predicted molar refractivity (Wildman–Crippen MR) is 98.0 cm³/mol. The van der Waals surface area contributed by atoms with E-state index in [1.54, 1.807) is 7.11 Å². The largest absolute Gasteiger partial charge is 0.384 e. The second kappa shape index (κ2) is 8.21. The van der Waals surface area contributed by atoms with E-state index in [-0.39, 0.29) is 12.5 Å². The summed E-state index contributed by atoms with van der Waals surface area (Å²) in [7, 11) is 3.49. The Morgan fingerprint density at radius 3 is 2.58 bits per heavy atom. The minimum Gasteiger partial charge on any atom is -0.384 e. The first-order valence-electron chi connectivity index (χ1n) is 7.81. The molecule has 6 nitrogen and oxygen atoms in total. The van der Waals surface area contributed by atoms with Crippen LogP contribution in [-0.2, 0) is 16.0 Å². The number of nitrogens with zero attached hydrogens (tertiary/aromatic N) is 3. The first-order valence-corrected chi connectivity index (χ1v) is 8.58. The van der Waals surface area contributed by atoms with Gasteiger partial charge in [0.2, 0.25) is 11.0 Å². The maximum absolute atomic E-state index is 12.3. The zero-order valence-electron chi connectivity index (χ0n) is 14.8. The van der Waals surface area contributed by atoms with E-state index >= 15 is 0 Å². The van der Waals surface area contributed by atoms with Crippen LogP contribution in [0.25, 0.3) is 0 Å². The molecule has 0 aliphatic rings. The second-order valence-electron chi connectivity index (χ2n) is 5.91. The lowest BCUT2D eigenvalue weighted by Crippen LogP contribution is -2.30. The van der Waals surface area contributed by atoms with Gasteiger partial charge in [0.05, 0.1) is 13.2 Å². The molecule has 1 aromatic heterocycles. The highest BCUT2D eigenvalue weighted by molar-refractivity contribution is 7.09. The molecule has 0 bridgehead atoms. The Morgan fingerprint density at radius 1 is 1.29 bits per heavy atom. The Kier molecular flexibility index (Phi) is 6.28. The molecule has 0 fully saturated rings. The van der Waals surface area contributed by atoms with Gasteiger partial charge < -0.3 is 15.0 Å². The van der Waals surface area contributed by atoms with Crippen molar-refractivity contribution < 1.29 is 9.53 Å². The quantitative estimate of drug-likeness (QED) is 0.833. The first-order chi connectivity index (χ1) is 11.4. The lowest BCUT2D eigenvalue weighted by molar-refractivity contribution is -0.114. The van der Waals surface area contributed by atoms with Crippen molar-refractivity contribution in [3.05, 3.63) is 34.6 Å². The third-order valence-corrected chi connectivity index (χ3v) is 4.50. The molecular formula is C17H24N4O2S. The summed E-state index contributed by atoms with van der Waals surface area (Å²) in [6, 6.07) is 4.14. The van der Waals surface area contributed by atoms with Crippen LogP contribution in [0.3, 0.4) is 0 Å². The van der Waals surface area contributed by atoms with Crippen LogP contribution in [0.15, 0.2) is 12.1 Å². The fraction of sp³-hybridized carbons (Fsp3) is 0.471. The monoisotopic (exact) mass is 348 g/mol. The summed E-state index contributed by atoms with van der Waals surface area (Å²) >= 11 is 1.29. The number of nitrogens with one attached hydrogen (secondary N) is 1. The summed E-state index contributed by atoms with van der Waals surface area (Å²) in [5, 5.41) is 3.73. The predicted octanol–water partition coefficient (Wildman–Crippen LogP) is 2.73. The number of anilines is 2. The Morgan fingerprint density at radius 2 is 1.96 bits per heavy atom. The molecule has 1 N–H and O–H groups in total. The molecule has 7 heteroatoms. The fourth-order valence-corrected chi connectivity index (χ4v) is 3.20. The maximum atomic E-state index is 12.3. The van der Waals surface area contributed by atoms with Crippen molar-refractivity contribution in [2.75, 3.05) is 37.5 Å². The number of amides is 1. The van der Waals surface area contributed by atoms with Gasteiger partial charge in [-0.1, -0.05) is 17.7 Å². The van der Waals surface area contributed by atoms with Crippen LogP contribution in [-0.4, -0.2) is 42.6 Å². The van der Waals surface area contributed by atoms with Crippen molar-refractivity contribution in [3.8, 4) is 0 Å². The van der Waals surface area contributed by atoms with Gasteiger partial charge >= 0.3 is 0 Å². The summed E-state index contributed by atoms with van der Waals surface area (Å²) in [5.74, 6) is 0.676. The Balaban J connectivity index is 1.98. The molecular weight excluding hydrogens is 324 g/mol. The molecule has 0 aliphatic heterocycles. The molecule has 24 heavy (non-hydrogen) atoms. The van der Waals surface area contributed by atoms with Crippen molar-refractivity contribution in [3.63, 3.8) is 0 Å². The summed E-state index contributed by atoms with van der Waals surface area (Å²) < 4.78 is 9.31. The molecule has 0 unspecified atom stereocenters. The number of ether oxygens (including phenoxy) is 1. The highest BCUT2D eigenvalue weighted by atomic mass is 32.1. The van der Waals surface area contributed by atoms with Gasteiger partial charge in [-0.05, 0) is 31.9 Å². The van der Waals surface area contributed by atoms with Crippen molar-refractivity contribution in [2.24, 2.45) is 0 Å². The molecule has 2 aromatic rings. The first kappa shape index (κ1) is 18.4. The minimum atomic E-state index is -0.0683. The lowest BCUT2D eigenvalue weighted by Gasteiger charge is -2.17. The van der Waals surface area contributed by atoms with Crippen LogP contribution in [0.2, 0.25) is 0 Å². The summed E-state index contributed by atoms with van der Waals surface area (Å²) in [5.41, 5.74) is 4.22. The molecule has 0 saturated heterocycles. The number of benzene rings is 1. The van der Waals surface area contributed by atoms with E-state index in [0.29, 0.717) is 13.0 Å². The molecule has 0 atom stereocenters. The molecule has 130 valence electrons. The number of hydrogen-bond donors (Lipinski definition) is 1. The lowest BCUT2D eigenvalue weighted by atomic mass is 10.1. The average molecular weight is 348 g/mol. The topological polar surface area (TPSA) is 67.3 Å². The number of aromatic nitrogens is 2. The van der Waals surface area contributed by atoms with Gasteiger partial charge in [-0.25, -0.2) is 4.98 Å². The van der Waals surface area contributed by atoms with E-state index in [1.165, 1.54) is 17.1 Å². The summed E-state index contributed by atoms with van der Waals surface area (Å²) in [4.78, 5) is 18.6. The van der Waals surface area contributed by atoms with Gasteiger partial charge in [0.1, 0.15) is 5.82 Å². The molecule has 0 aliphatic carbocycles. The van der Waals surface area contributed by atoms with Crippen molar-refractivity contribution >= 4 is 28.3 Å². The number of carbonyl (C=O) groups is 1. The molecule has 0 saturated carbocycles. The van der Waals surface area contributed by atoms with E-state index in [0.717, 1.165) is 27.8 Å². The zero-order valence-corrected chi connectivity index (χ0v) is 15.7. The zero-order chi connectivity index (χ0) is 17.7. The van der Waals surface area contributed by atoms with Gasteiger partial charge in [0.25, 0.3) is 0 Å². The van der Waals surface area contributed by atoms with Crippen molar-refractivity contribution in [1.29, 1.82) is 0 Å². The Labute approximate surface area is 147 Å². The van der Waals surface area contributed by atoms with Crippen LogP contribution in [0.4, 0.5) is 10.8 Å². The number of aryl methyl sites for hydroxylation is 3. The molecule has 2 rings (SSSR count). The number of likely N-dealkylation sites (N-methyl/N-ethyl adjacent to an activating group) is 1. The maximum Gasteiger partial charge on any atom is 0.243 e. The van der Waals surface area contributed by atoms with Crippen LogP contribution >= 0.6 is 11.5 Å². The fourth-order valence-electron chi connectivity index (χ4n) is 2.53. The second-order valence-corrected chi connectivity index (χ2v) is 6.64. The number of hydrogen-bond acceptors (Lipinski definition) is 6. The number of carbonyl (C=O) groups excluding carboxylic acids is 1. The van der Waals surface area contributed by atoms with E-state index in [9.17, 15) is 4.79 Å². The van der Waals surface area contributed by atoms with Crippen LogP contribution in [0.1, 0.15) is 22.5 Å².